The van der Waals surface area contributed by atoms with Gasteiger partial charge in [0, 0.05) is 88.2 Å². The van der Waals surface area contributed by atoms with Crippen LogP contribution in [0.4, 0.5) is 0 Å². The highest BCUT2D eigenvalue weighted by molar-refractivity contribution is 6.00. The Morgan fingerprint density at radius 1 is 0.495 bits per heavy atom. The number of nitrogens with zero attached hydrogens (tertiary/aromatic N) is 8. The number of aliphatic hydroxyl groups excluding tert-OH is 1. The van der Waals surface area contributed by atoms with Gasteiger partial charge in [-0.05, 0) is 105 Å². The predicted octanol–water partition coefficient (Wildman–Crippen LogP) is 4.17. The van der Waals surface area contributed by atoms with E-state index >= 15 is 43.2 Å². The minimum Gasteiger partial charge on any atom is -0.391 e. The predicted molar refractivity (Wildman–Crippen MR) is 402 cm³/mol. The minimum absolute atomic E-state index is 0.0367. The maximum Gasteiger partial charge on any atom is 0.248 e. The minimum atomic E-state index is -1.68. The normalized spacial score (nSPS) is 24.7. The lowest BCUT2D eigenvalue weighted by Gasteiger charge is -2.39. The topological polar surface area (TPSA) is 328 Å². The number of rotatable bonds is 21. The molecule has 2 saturated heterocycles. The van der Waals surface area contributed by atoms with Gasteiger partial charge in [-0.25, -0.2) is 0 Å². The molecule has 27 nitrogen and oxygen atoms in total. The van der Waals surface area contributed by atoms with Gasteiger partial charge in [-0.1, -0.05) is 143 Å². The molecule has 105 heavy (non-hydrogen) atoms. The molecule has 6 N–H and O–H groups in total. The second-order valence-electron chi connectivity index (χ2n) is 30.6. The highest BCUT2D eigenvalue weighted by Gasteiger charge is 2.45. The van der Waals surface area contributed by atoms with Crippen molar-refractivity contribution in [3.05, 3.63) is 71.8 Å². The Hall–Kier alpha value is -8.49. The summed E-state index contributed by atoms with van der Waals surface area (Å²) in [7, 11) is 9.88. The van der Waals surface area contributed by atoms with Crippen molar-refractivity contribution < 1.29 is 67.4 Å². The molecule has 2 aliphatic rings. The molecule has 2 aliphatic heterocycles. The standard InChI is InChI=1S/C78H125N13O14/c1-20-37-91-47-66(95)85(15)60(42-50(7)8)70(97)82-58(75(102)90-38-29-24-30-39-90)46-65(94)84(14)59(41-49(5)6)69(96)80-56(35-36-64(93)79-13)73(100)87(17)62(43-51(9)10)76(103)86(16)61(44-54-31-25-22-26-32-54)71(98)81-57(40-48(3)4)74(101)88(18)63(45-55-33-27-23-28-34-55)77(104)89(19)68(52(11)21-2)72(99)83-67(53(12)92)78(91)105/h22-23,25-28,31-34,48-53,56-63,67-68,92H,20-21,24,29-30,35-47H2,1-19H3,(H,79,93)(H,80,96)(H,81,98)(H,82,97)(H,83,99)/t52-,53+,56-,57-,58-,59-,60-,61-,62-,63-,67-,68-/m0/s1. The van der Waals surface area contributed by atoms with Gasteiger partial charge in [0.2, 0.25) is 76.8 Å². The Bertz CT molecular complexity index is 3240. The highest BCUT2D eigenvalue weighted by Crippen LogP contribution is 2.25. The number of carbonyl (C=O) groups is 13. The fourth-order valence-corrected chi connectivity index (χ4v) is 13.7. The second kappa shape index (κ2) is 42.6. The van der Waals surface area contributed by atoms with Crippen LogP contribution in [-0.4, -0.2) is 263 Å². The van der Waals surface area contributed by atoms with Crippen LogP contribution < -0.4 is 26.6 Å². The number of amides is 13. The molecule has 2 aromatic carbocycles. The summed E-state index contributed by atoms with van der Waals surface area (Å²) in [4.78, 5) is 206. The van der Waals surface area contributed by atoms with Crippen molar-refractivity contribution in [2.75, 3.05) is 75.5 Å². The lowest BCUT2D eigenvalue weighted by molar-refractivity contribution is -0.152. The van der Waals surface area contributed by atoms with E-state index in [1.807, 2.05) is 62.3 Å². The van der Waals surface area contributed by atoms with Gasteiger partial charge in [0.25, 0.3) is 0 Å². The van der Waals surface area contributed by atoms with Crippen molar-refractivity contribution in [2.24, 2.45) is 29.6 Å². The number of nitrogens with one attached hydrogen (secondary N) is 5. The first kappa shape index (κ1) is 88.9. The summed E-state index contributed by atoms with van der Waals surface area (Å²) in [6.45, 7) is 21.3. The number of hydrogen-bond acceptors (Lipinski definition) is 14. The van der Waals surface area contributed by atoms with Crippen LogP contribution in [0.5, 0.6) is 0 Å². The van der Waals surface area contributed by atoms with Crippen LogP contribution >= 0.6 is 0 Å². The first-order chi connectivity index (χ1) is 49.4. The fourth-order valence-electron chi connectivity index (χ4n) is 13.7. The summed E-state index contributed by atoms with van der Waals surface area (Å²) in [5.41, 5.74) is 1.29. The Labute approximate surface area is 623 Å². The zero-order chi connectivity index (χ0) is 78.9. The van der Waals surface area contributed by atoms with E-state index in [4.69, 9.17) is 0 Å². The number of likely N-dealkylation sites (N-methyl/N-ethyl adjacent to an activating group) is 6. The lowest BCUT2D eigenvalue weighted by Crippen LogP contribution is -2.63. The molecule has 0 unspecified atom stereocenters. The summed E-state index contributed by atoms with van der Waals surface area (Å²) in [5.74, 6) is -10.9. The van der Waals surface area contributed by atoms with Crippen molar-refractivity contribution >= 4 is 76.8 Å². The van der Waals surface area contributed by atoms with Crippen LogP contribution in [0, 0.1) is 29.6 Å². The maximum absolute atomic E-state index is 15.6. The van der Waals surface area contributed by atoms with Crippen LogP contribution in [0.25, 0.3) is 0 Å². The van der Waals surface area contributed by atoms with Crippen molar-refractivity contribution in [1.29, 1.82) is 0 Å². The Kier molecular flexibility index (Phi) is 36.1. The average molecular weight is 1470 g/mol. The van der Waals surface area contributed by atoms with E-state index in [1.54, 1.807) is 79.4 Å². The molecule has 12 atom stereocenters. The smallest absolute Gasteiger partial charge is 0.248 e. The van der Waals surface area contributed by atoms with Crippen molar-refractivity contribution in [3.63, 3.8) is 0 Å². The molecule has 4 rings (SSSR count). The summed E-state index contributed by atoms with van der Waals surface area (Å²) in [5, 5.41) is 25.4. The van der Waals surface area contributed by atoms with Gasteiger partial charge >= 0.3 is 0 Å². The summed E-state index contributed by atoms with van der Waals surface area (Å²) in [6, 6.07) is 3.93. The van der Waals surface area contributed by atoms with Crippen molar-refractivity contribution in [3.8, 4) is 0 Å². The quantitative estimate of drug-likeness (QED) is 0.102. The molecule has 2 aromatic rings. The number of aliphatic hydroxyl groups is 1. The van der Waals surface area contributed by atoms with Crippen LogP contribution in [0.15, 0.2) is 60.7 Å². The SMILES string of the molecule is CCCN1CC(=O)N(C)[C@@H](CC(C)C)C(=O)N[C@H](C(=O)N2CCCCC2)CC(=O)N(C)[C@@H](CC(C)C)C(=O)N[C@@H](CCC(=O)NC)C(=O)N(C)[C@@H](CC(C)C)C(=O)N(C)[C@@H](Cc2ccccc2)C(=O)N[C@@H](CC(C)C)C(=O)N(C)[C@@H](Cc2ccccc2)C(=O)N(C)[C@@H]([C@@H](C)CC)C(=O)N[C@@H]([C@@H](C)O)C1=O. The molecule has 0 radical (unpaired) electrons. The Morgan fingerprint density at radius 3 is 1.44 bits per heavy atom. The Balaban J connectivity index is 2.05. The van der Waals surface area contributed by atoms with Gasteiger partial charge in [0.05, 0.1) is 19.1 Å². The van der Waals surface area contributed by atoms with Crippen LogP contribution in [0.3, 0.4) is 0 Å². The number of likely N-dealkylation sites (tertiary alicyclic amines) is 1. The molecule has 0 aromatic heterocycles. The summed E-state index contributed by atoms with van der Waals surface area (Å²) >= 11 is 0. The van der Waals surface area contributed by atoms with Gasteiger partial charge in [-0.3, -0.25) is 62.3 Å². The number of piperidine rings is 1. The third kappa shape index (κ3) is 25.9. The van der Waals surface area contributed by atoms with Gasteiger partial charge in [-0.2, -0.15) is 0 Å². The van der Waals surface area contributed by atoms with Crippen LogP contribution in [0.2, 0.25) is 0 Å². The van der Waals surface area contributed by atoms with Gasteiger partial charge < -0.3 is 70.9 Å². The molecule has 2 heterocycles. The molecule has 0 aliphatic carbocycles. The van der Waals surface area contributed by atoms with Crippen molar-refractivity contribution in [1.82, 2.24) is 65.8 Å². The van der Waals surface area contributed by atoms with Crippen molar-refractivity contribution in [2.45, 2.75) is 239 Å². The molecule has 27 heteroatoms. The summed E-state index contributed by atoms with van der Waals surface area (Å²) < 4.78 is 0. The number of carbonyl (C=O) groups excluding carboxylic acids is 13. The number of benzene rings is 2. The molecule has 586 valence electrons. The van der Waals surface area contributed by atoms with Gasteiger partial charge in [0.15, 0.2) is 0 Å². The van der Waals surface area contributed by atoms with Gasteiger partial charge in [-0.15, -0.1) is 0 Å². The second-order valence-corrected chi connectivity index (χ2v) is 30.6. The Morgan fingerprint density at radius 2 is 0.943 bits per heavy atom. The third-order valence-corrected chi connectivity index (χ3v) is 20.2. The first-order valence-electron chi connectivity index (χ1n) is 37.7. The third-order valence-electron chi connectivity index (χ3n) is 20.2. The molecule has 0 saturated carbocycles. The monoisotopic (exact) mass is 1470 g/mol. The molecule has 0 spiro atoms. The fraction of sp³-hybridized carbons (Fsp3) is 0.679. The summed E-state index contributed by atoms with van der Waals surface area (Å²) in [6.07, 6.45) is 0.136. The van der Waals surface area contributed by atoms with Crippen LogP contribution in [0.1, 0.15) is 171 Å². The molecular formula is C78H125N13O14. The van der Waals surface area contributed by atoms with Crippen LogP contribution in [-0.2, 0) is 75.2 Å². The van der Waals surface area contributed by atoms with E-state index < -0.39 is 162 Å². The van der Waals surface area contributed by atoms with E-state index in [0.29, 0.717) is 49.9 Å². The number of hydrogen-bond donors (Lipinski definition) is 6. The average Bonchev–Trinajstić information content (AvgIpc) is 0.813. The van der Waals surface area contributed by atoms with Gasteiger partial charge in [0.1, 0.15) is 60.4 Å². The lowest BCUT2D eigenvalue weighted by atomic mass is 9.94. The maximum atomic E-state index is 15.6. The van der Waals surface area contributed by atoms with E-state index in [2.05, 4.69) is 26.6 Å². The van der Waals surface area contributed by atoms with E-state index in [0.717, 1.165) is 11.3 Å². The first-order valence-corrected chi connectivity index (χ1v) is 37.7. The van der Waals surface area contributed by atoms with E-state index in [9.17, 15) is 24.3 Å². The van der Waals surface area contributed by atoms with E-state index in [-0.39, 0.29) is 81.6 Å². The van der Waals surface area contributed by atoms with E-state index in [1.165, 1.54) is 85.7 Å². The molecular weight excluding hydrogens is 1340 g/mol. The zero-order valence-corrected chi connectivity index (χ0v) is 66.1. The zero-order valence-electron chi connectivity index (χ0n) is 66.1. The molecule has 13 amide bonds. The molecule has 0 bridgehead atoms. The largest absolute Gasteiger partial charge is 0.391 e. The molecule has 2 fully saturated rings. The highest BCUT2D eigenvalue weighted by atomic mass is 16.3.